The predicted molar refractivity (Wildman–Crippen MR) is 58.9 cm³/mol. The smallest absolute Gasteiger partial charge is 0.290 e. The Morgan fingerprint density at radius 3 is 2.62 bits per heavy atom. The van der Waals surface area contributed by atoms with Gasteiger partial charge in [0.2, 0.25) is 0 Å². The third kappa shape index (κ3) is 1.87. The lowest BCUT2D eigenvalue weighted by atomic mass is 10.1. The van der Waals surface area contributed by atoms with E-state index < -0.39 is 11.1 Å². The molecule has 6 heteroatoms. The summed E-state index contributed by atoms with van der Waals surface area (Å²) in [6.07, 6.45) is 1.35. The zero-order chi connectivity index (χ0) is 11.7. The van der Waals surface area contributed by atoms with Gasteiger partial charge in [-0.3, -0.25) is 14.9 Å². The molecule has 2 rings (SSSR count). The average molecular weight is 237 g/mol. The number of amides is 2. The first-order chi connectivity index (χ1) is 7.58. The van der Waals surface area contributed by atoms with Gasteiger partial charge in [0.25, 0.3) is 11.1 Å². The highest BCUT2D eigenvalue weighted by Crippen LogP contribution is 2.33. The second kappa shape index (κ2) is 3.90. The summed E-state index contributed by atoms with van der Waals surface area (Å²) in [6, 6.07) is 4.38. The second-order valence-corrected chi connectivity index (χ2v) is 4.08. The van der Waals surface area contributed by atoms with Crippen LogP contribution in [0.5, 0.6) is 11.5 Å². The summed E-state index contributed by atoms with van der Waals surface area (Å²) >= 11 is 0.752. The predicted octanol–water partition coefficient (Wildman–Crippen LogP) is 1.42. The van der Waals surface area contributed by atoms with E-state index >= 15 is 0 Å². The third-order valence-corrected chi connectivity index (χ3v) is 2.79. The standard InChI is InChI=1S/C10H7NO4S/c12-6-3-1-2-5(8(6)13)4-7-9(14)11-10(15)16-7/h1-4,12-13H,(H,11,14,15)/b7-4-. The van der Waals surface area contributed by atoms with E-state index in [-0.39, 0.29) is 22.0 Å². The molecule has 2 amide bonds. The Morgan fingerprint density at radius 1 is 1.25 bits per heavy atom. The summed E-state index contributed by atoms with van der Waals surface area (Å²) in [5.74, 6) is -1.09. The molecule has 5 nitrogen and oxygen atoms in total. The Kier molecular flexibility index (Phi) is 2.57. The highest BCUT2D eigenvalue weighted by atomic mass is 32.2. The van der Waals surface area contributed by atoms with Gasteiger partial charge in [-0.1, -0.05) is 12.1 Å². The number of thioether (sulfide) groups is 1. The van der Waals surface area contributed by atoms with Crippen molar-refractivity contribution in [3.63, 3.8) is 0 Å². The molecule has 1 fully saturated rings. The fourth-order valence-electron chi connectivity index (χ4n) is 1.23. The molecule has 0 aliphatic carbocycles. The van der Waals surface area contributed by atoms with E-state index in [2.05, 4.69) is 5.32 Å². The van der Waals surface area contributed by atoms with Crippen LogP contribution in [-0.2, 0) is 4.79 Å². The first kappa shape index (κ1) is 10.6. The zero-order valence-corrected chi connectivity index (χ0v) is 8.75. The van der Waals surface area contributed by atoms with Gasteiger partial charge < -0.3 is 10.2 Å². The molecule has 0 unspecified atom stereocenters. The lowest BCUT2D eigenvalue weighted by Gasteiger charge is -2.01. The van der Waals surface area contributed by atoms with Crippen LogP contribution in [0.4, 0.5) is 4.79 Å². The highest BCUT2D eigenvalue weighted by Gasteiger charge is 2.25. The van der Waals surface area contributed by atoms with E-state index in [9.17, 15) is 19.8 Å². The fourth-order valence-corrected chi connectivity index (χ4v) is 1.90. The minimum absolute atomic E-state index is 0.186. The van der Waals surface area contributed by atoms with Crippen molar-refractivity contribution in [1.29, 1.82) is 0 Å². The van der Waals surface area contributed by atoms with Crippen LogP contribution in [-0.4, -0.2) is 21.4 Å². The van der Waals surface area contributed by atoms with E-state index in [1.807, 2.05) is 0 Å². The van der Waals surface area contributed by atoms with Gasteiger partial charge in [0.15, 0.2) is 11.5 Å². The van der Waals surface area contributed by atoms with Crippen LogP contribution >= 0.6 is 11.8 Å². The molecule has 0 saturated carbocycles. The van der Waals surface area contributed by atoms with Crippen molar-refractivity contribution in [1.82, 2.24) is 5.32 Å². The number of hydrogen-bond acceptors (Lipinski definition) is 5. The van der Waals surface area contributed by atoms with Gasteiger partial charge in [0, 0.05) is 5.56 Å². The number of imide groups is 1. The van der Waals surface area contributed by atoms with Crippen molar-refractivity contribution in [3.8, 4) is 11.5 Å². The molecular formula is C10H7NO4S. The van der Waals surface area contributed by atoms with Gasteiger partial charge in [-0.05, 0) is 23.9 Å². The van der Waals surface area contributed by atoms with Crippen LogP contribution in [0, 0.1) is 0 Å². The van der Waals surface area contributed by atoms with Gasteiger partial charge in [-0.25, -0.2) is 0 Å². The Morgan fingerprint density at radius 2 is 2.00 bits per heavy atom. The number of rotatable bonds is 1. The second-order valence-electron chi connectivity index (χ2n) is 3.07. The number of phenolic OH excluding ortho intramolecular Hbond substituents is 2. The Hall–Kier alpha value is -1.95. The van der Waals surface area contributed by atoms with Gasteiger partial charge in [0.1, 0.15) is 0 Å². The first-order valence-corrected chi connectivity index (χ1v) is 5.15. The molecule has 3 N–H and O–H groups in total. The van der Waals surface area contributed by atoms with E-state index in [0.29, 0.717) is 0 Å². The molecule has 1 aliphatic rings. The summed E-state index contributed by atoms with van der Waals surface area (Å²) in [7, 11) is 0. The molecule has 16 heavy (non-hydrogen) atoms. The molecular weight excluding hydrogens is 230 g/mol. The summed E-state index contributed by atoms with van der Waals surface area (Å²) in [4.78, 5) is 22.3. The van der Waals surface area contributed by atoms with Crippen LogP contribution < -0.4 is 5.32 Å². The molecule has 1 heterocycles. The number of carbonyl (C=O) groups is 2. The van der Waals surface area contributed by atoms with Crippen LogP contribution in [0.25, 0.3) is 6.08 Å². The fraction of sp³-hybridized carbons (Fsp3) is 0. The number of carbonyl (C=O) groups excluding carboxylic acids is 2. The van der Waals surface area contributed by atoms with E-state index in [1.165, 1.54) is 24.3 Å². The highest BCUT2D eigenvalue weighted by molar-refractivity contribution is 8.18. The minimum atomic E-state index is -0.502. The van der Waals surface area contributed by atoms with Crippen LogP contribution in [0.15, 0.2) is 23.1 Å². The van der Waals surface area contributed by atoms with Crippen LogP contribution in [0.3, 0.4) is 0 Å². The van der Waals surface area contributed by atoms with Crippen molar-refractivity contribution in [2.75, 3.05) is 0 Å². The average Bonchev–Trinajstić information content (AvgIpc) is 2.53. The van der Waals surface area contributed by atoms with Crippen molar-refractivity contribution in [2.24, 2.45) is 0 Å². The summed E-state index contributed by atoms with van der Waals surface area (Å²) < 4.78 is 0. The Bertz CT molecular complexity index is 510. The molecule has 0 aromatic heterocycles. The molecule has 0 atom stereocenters. The number of aromatic hydroxyl groups is 2. The van der Waals surface area contributed by atoms with Gasteiger partial charge in [0.05, 0.1) is 4.91 Å². The Labute approximate surface area is 94.8 Å². The minimum Gasteiger partial charge on any atom is -0.504 e. The normalized spacial score (nSPS) is 17.9. The lowest BCUT2D eigenvalue weighted by Crippen LogP contribution is -2.17. The molecule has 1 aromatic rings. The largest absolute Gasteiger partial charge is 0.504 e. The maximum absolute atomic E-state index is 11.2. The quantitative estimate of drug-likeness (QED) is 0.508. The zero-order valence-electron chi connectivity index (χ0n) is 7.93. The molecule has 0 bridgehead atoms. The first-order valence-electron chi connectivity index (χ1n) is 4.34. The molecule has 1 saturated heterocycles. The third-order valence-electron chi connectivity index (χ3n) is 1.97. The Balaban J connectivity index is 2.40. The van der Waals surface area contributed by atoms with Crippen LogP contribution in [0.1, 0.15) is 5.56 Å². The maximum atomic E-state index is 11.2. The number of benzene rings is 1. The van der Waals surface area contributed by atoms with Crippen molar-refractivity contribution < 1.29 is 19.8 Å². The van der Waals surface area contributed by atoms with E-state index in [4.69, 9.17) is 0 Å². The van der Waals surface area contributed by atoms with Gasteiger partial charge >= 0.3 is 0 Å². The topological polar surface area (TPSA) is 86.6 Å². The maximum Gasteiger partial charge on any atom is 0.290 e. The summed E-state index contributed by atoms with van der Waals surface area (Å²) in [6.45, 7) is 0. The molecule has 82 valence electrons. The number of hydrogen-bond donors (Lipinski definition) is 3. The van der Waals surface area contributed by atoms with Crippen molar-refractivity contribution in [3.05, 3.63) is 28.7 Å². The van der Waals surface area contributed by atoms with Crippen LogP contribution in [0.2, 0.25) is 0 Å². The number of nitrogens with one attached hydrogen (secondary N) is 1. The summed E-state index contributed by atoms with van der Waals surface area (Å²) in [5.41, 5.74) is 0.285. The van der Waals surface area contributed by atoms with E-state index in [1.54, 1.807) is 0 Å². The van der Waals surface area contributed by atoms with Crippen molar-refractivity contribution in [2.45, 2.75) is 0 Å². The number of para-hydroxylation sites is 1. The van der Waals surface area contributed by atoms with Gasteiger partial charge in [-0.15, -0.1) is 0 Å². The molecule has 1 aromatic carbocycles. The SMILES string of the molecule is O=C1NC(=O)/C(=C/c2cccc(O)c2O)S1. The number of phenols is 2. The van der Waals surface area contributed by atoms with Crippen molar-refractivity contribution >= 4 is 29.0 Å². The molecule has 1 aliphatic heterocycles. The van der Waals surface area contributed by atoms with Gasteiger partial charge in [-0.2, -0.15) is 0 Å². The van der Waals surface area contributed by atoms with E-state index in [0.717, 1.165) is 11.8 Å². The molecule has 0 radical (unpaired) electrons. The molecule has 0 spiro atoms. The summed E-state index contributed by atoms with van der Waals surface area (Å²) in [5, 5.41) is 20.4. The monoisotopic (exact) mass is 237 g/mol. The lowest BCUT2D eigenvalue weighted by molar-refractivity contribution is -0.115.